The van der Waals surface area contributed by atoms with Crippen molar-refractivity contribution in [2.75, 3.05) is 5.32 Å². The third-order valence-corrected chi connectivity index (χ3v) is 4.16. The van der Waals surface area contributed by atoms with Gasteiger partial charge in [-0.1, -0.05) is 36.2 Å². The van der Waals surface area contributed by atoms with Gasteiger partial charge in [0.15, 0.2) is 6.10 Å². The third kappa shape index (κ3) is 4.63. The maximum absolute atomic E-state index is 12.4. The number of anilines is 1. The van der Waals surface area contributed by atoms with Gasteiger partial charge in [0.25, 0.3) is 5.91 Å². The predicted octanol–water partition coefficient (Wildman–Crippen LogP) is 5.41. The van der Waals surface area contributed by atoms with Crippen LogP contribution in [0.1, 0.15) is 24.5 Å². The molecule has 0 radical (unpaired) electrons. The third-order valence-electron chi connectivity index (χ3n) is 3.61. The summed E-state index contributed by atoms with van der Waals surface area (Å²) in [5.74, 6) is 0.437. The standard InChI is InChI=1S/C18H19Cl2NO2/c1-4-17(23-14-7-5-11(2)12(3)9-14)18(22)21-16-8-6-13(19)10-15(16)20/h5-10,17H,4H2,1-3H3,(H,21,22)/t17-/m1/s1. The van der Waals surface area contributed by atoms with Crippen molar-refractivity contribution >= 4 is 34.8 Å². The van der Waals surface area contributed by atoms with E-state index in [-0.39, 0.29) is 5.91 Å². The number of carbonyl (C=O) groups excluding carboxylic acids is 1. The molecule has 0 aromatic heterocycles. The van der Waals surface area contributed by atoms with Crippen LogP contribution in [0, 0.1) is 13.8 Å². The Balaban J connectivity index is 2.10. The molecule has 2 aromatic rings. The van der Waals surface area contributed by atoms with E-state index in [1.165, 1.54) is 5.56 Å². The molecule has 0 heterocycles. The summed E-state index contributed by atoms with van der Waals surface area (Å²) < 4.78 is 5.82. The number of benzene rings is 2. The Kier molecular flexibility index (Phi) is 5.91. The Bertz CT molecular complexity index is 716. The predicted molar refractivity (Wildman–Crippen MR) is 95.7 cm³/mol. The highest BCUT2D eigenvalue weighted by atomic mass is 35.5. The minimum atomic E-state index is -0.594. The molecule has 1 amide bonds. The summed E-state index contributed by atoms with van der Waals surface area (Å²) in [7, 11) is 0. The highest BCUT2D eigenvalue weighted by Crippen LogP contribution is 2.26. The second-order valence-corrected chi connectivity index (χ2v) is 6.22. The van der Waals surface area contributed by atoms with Gasteiger partial charge in [-0.05, 0) is 61.7 Å². The van der Waals surface area contributed by atoms with Crippen LogP contribution >= 0.6 is 23.2 Å². The summed E-state index contributed by atoms with van der Waals surface area (Å²) in [6.45, 7) is 5.94. The van der Waals surface area contributed by atoms with Crippen molar-refractivity contribution in [2.24, 2.45) is 0 Å². The van der Waals surface area contributed by atoms with E-state index in [9.17, 15) is 4.79 Å². The van der Waals surface area contributed by atoms with Crippen LogP contribution in [0.2, 0.25) is 10.0 Å². The zero-order chi connectivity index (χ0) is 17.0. The average molecular weight is 352 g/mol. The van der Waals surface area contributed by atoms with Gasteiger partial charge in [-0.3, -0.25) is 4.79 Å². The fourth-order valence-electron chi connectivity index (χ4n) is 2.08. The van der Waals surface area contributed by atoms with E-state index in [1.54, 1.807) is 18.2 Å². The van der Waals surface area contributed by atoms with Crippen LogP contribution in [0.4, 0.5) is 5.69 Å². The van der Waals surface area contributed by atoms with E-state index in [1.807, 2.05) is 39.0 Å². The van der Waals surface area contributed by atoms with Crippen LogP contribution in [0.25, 0.3) is 0 Å². The number of rotatable bonds is 5. The molecule has 0 aliphatic rings. The fourth-order valence-corrected chi connectivity index (χ4v) is 2.53. The van der Waals surface area contributed by atoms with Gasteiger partial charge >= 0.3 is 0 Å². The van der Waals surface area contributed by atoms with Crippen molar-refractivity contribution in [3.05, 3.63) is 57.6 Å². The summed E-state index contributed by atoms with van der Waals surface area (Å²) in [6.07, 6.45) is -0.0481. The Hall–Kier alpha value is -1.71. The first-order chi connectivity index (χ1) is 10.9. The maximum atomic E-state index is 12.4. The molecule has 3 nitrogen and oxygen atoms in total. The highest BCUT2D eigenvalue weighted by Gasteiger charge is 2.19. The Morgan fingerprint density at radius 1 is 1.13 bits per heavy atom. The van der Waals surface area contributed by atoms with Gasteiger partial charge in [0.05, 0.1) is 10.7 Å². The van der Waals surface area contributed by atoms with Gasteiger partial charge in [0.1, 0.15) is 5.75 Å². The SMILES string of the molecule is CC[C@@H](Oc1ccc(C)c(C)c1)C(=O)Nc1ccc(Cl)cc1Cl. The number of carbonyl (C=O) groups is 1. The van der Waals surface area contributed by atoms with E-state index in [2.05, 4.69) is 5.32 Å². The molecule has 0 bridgehead atoms. The molecule has 0 spiro atoms. The lowest BCUT2D eigenvalue weighted by molar-refractivity contribution is -0.122. The first-order valence-electron chi connectivity index (χ1n) is 7.40. The molecular formula is C18H19Cl2NO2. The summed E-state index contributed by atoms with van der Waals surface area (Å²) >= 11 is 11.9. The number of hydrogen-bond acceptors (Lipinski definition) is 2. The minimum absolute atomic E-state index is 0.241. The van der Waals surface area contributed by atoms with Gasteiger partial charge in [-0.15, -0.1) is 0 Å². The Morgan fingerprint density at radius 3 is 2.48 bits per heavy atom. The number of ether oxygens (including phenoxy) is 1. The molecule has 5 heteroatoms. The van der Waals surface area contributed by atoms with Crippen LogP contribution in [0.15, 0.2) is 36.4 Å². The van der Waals surface area contributed by atoms with Gasteiger partial charge in [0, 0.05) is 5.02 Å². The highest BCUT2D eigenvalue weighted by molar-refractivity contribution is 6.36. The normalized spacial score (nSPS) is 11.9. The lowest BCUT2D eigenvalue weighted by Gasteiger charge is -2.18. The zero-order valence-corrected chi connectivity index (χ0v) is 14.8. The lowest BCUT2D eigenvalue weighted by Crippen LogP contribution is -2.32. The molecule has 23 heavy (non-hydrogen) atoms. The molecule has 0 aliphatic carbocycles. The molecule has 1 N–H and O–H groups in total. The summed E-state index contributed by atoms with van der Waals surface area (Å²) in [5.41, 5.74) is 2.82. The van der Waals surface area contributed by atoms with E-state index in [0.717, 1.165) is 5.56 Å². The van der Waals surface area contributed by atoms with Gasteiger partial charge < -0.3 is 10.1 Å². The van der Waals surface area contributed by atoms with Gasteiger partial charge in [0.2, 0.25) is 0 Å². The second kappa shape index (κ2) is 7.71. The van der Waals surface area contributed by atoms with Crippen LogP contribution in [-0.2, 0) is 4.79 Å². The van der Waals surface area contributed by atoms with Crippen molar-refractivity contribution in [3.8, 4) is 5.75 Å². The first kappa shape index (κ1) is 17.6. The molecule has 2 aromatic carbocycles. The minimum Gasteiger partial charge on any atom is -0.481 e. The Labute approximate surface area is 146 Å². The number of nitrogens with one attached hydrogen (secondary N) is 1. The van der Waals surface area contributed by atoms with Crippen LogP contribution in [-0.4, -0.2) is 12.0 Å². The van der Waals surface area contributed by atoms with Crippen LogP contribution in [0.3, 0.4) is 0 Å². The van der Waals surface area contributed by atoms with Crippen molar-refractivity contribution in [3.63, 3.8) is 0 Å². The molecule has 1 atom stereocenters. The van der Waals surface area contributed by atoms with Crippen LogP contribution in [0.5, 0.6) is 5.75 Å². The first-order valence-corrected chi connectivity index (χ1v) is 8.16. The van der Waals surface area contributed by atoms with Crippen molar-refractivity contribution in [1.82, 2.24) is 0 Å². The fraction of sp³-hybridized carbons (Fsp3) is 0.278. The van der Waals surface area contributed by atoms with E-state index >= 15 is 0 Å². The average Bonchev–Trinajstić information content (AvgIpc) is 2.51. The summed E-state index contributed by atoms with van der Waals surface area (Å²) in [5, 5.41) is 3.70. The number of hydrogen-bond donors (Lipinski definition) is 1. The quantitative estimate of drug-likeness (QED) is 0.782. The molecule has 0 aliphatic heterocycles. The summed E-state index contributed by atoms with van der Waals surface area (Å²) in [4.78, 5) is 12.4. The molecule has 0 saturated carbocycles. The van der Waals surface area contributed by atoms with Crippen molar-refractivity contribution in [1.29, 1.82) is 0 Å². The topological polar surface area (TPSA) is 38.3 Å². The van der Waals surface area contributed by atoms with Crippen LogP contribution < -0.4 is 10.1 Å². The van der Waals surface area contributed by atoms with Crippen molar-refractivity contribution in [2.45, 2.75) is 33.3 Å². The Morgan fingerprint density at radius 2 is 1.87 bits per heavy atom. The number of amides is 1. The van der Waals surface area contributed by atoms with Gasteiger partial charge in [-0.2, -0.15) is 0 Å². The molecule has 0 saturated heterocycles. The van der Waals surface area contributed by atoms with E-state index in [0.29, 0.717) is 27.9 Å². The van der Waals surface area contributed by atoms with E-state index in [4.69, 9.17) is 27.9 Å². The van der Waals surface area contributed by atoms with Gasteiger partial charge in [-0.25, -0.2) is 0 Å². The second-order valence-electron chi connectivity index (χ2n) is 5.37. The van der Waals surface area contributed by atoms with E-state index < -0.39 is 6.10 Å². The molecular weight excluding hydrogens is 333 g/mol. The number of aryl methyl sites for hydroxylation is 2. The maximum Gasteiger partial charge on any atom is 0.265 e. The largest absolute Gasteiger partial charge is 0.481 e. The van der Waals surface area contributed by atoms with Crippen molar-refractivity contribution < 1.29 is 9.53 Å². The number of halogens is 2. The molecule has 2 rings (SSSR count). The zero-order valence-electron chi connectivity index (χ0n) is 13.3. The smallest absolute Gasteiger partial charge is 0.265 e. The molecule has 0 unspecified atom stereocenters. The molecule has 122 valence electrons. The lowest BCUT2D eigenvalue weighted by atomic mass is 10.1. The monoisotopic (exact) mass is 351 g/mol. The summed E-state index contributed by atoms with van der Waals surface area (Å²) in [6, 6.07) is 10.7. The molecule has 0 fully saturated rings.